The van der Waals surface area contributed by atoms with Crippen LogP contribution in [-0.2, 0) is 31.1 Å². The summed E-state index contributed by atoms with van der Waals surface area (Å²) in [5, 5.41) is -13.9. The van der Waals surface area contributed by atoms with E-state index in [0.717, 1.165) is 0 Å². The van der Waals surface area contributed by atoms with Crippen molar-refractivity contribution in [1.29, 1.82) is 0 Å². The van der Waals surface area contributed by atoms with Crippen molar-refractivity contribution in [3.63, 3.8) is 0 Å². The largest absolute Gasteiger partial charge is 0.512 e. The molecule has 1 atom stereocenters. The van der Waals surface area contributed by atoms with Crippen LogP contribution in [0.2, 0.25) is 0 Å². The van der Waals surface area contributed by atoms with Crippen LogP contribution >= 0.6 is 0 Å². The van der Waals surface area contributed by atoms with Gasteiger partial charge in [-0.05, 0) is 0 Å². The third-order valence-electron chi connectivity index (χ3n) is 1.81. The first-order valence-electron chi connectivity index (χ1n) is 4.24. The van der Waals surface area contributed by atoms with Crippen molar-refractivity contribution in [2.24, 2.45) is 0 Å². The lowest BCUT2D eigenvalue weighted by Gasteiger charge is -2.29. The van der Waals surface area contributed by atoms with Crippen LogP contribution in [0.1, 0.15) is 0 Å². The van der Waals surface area contributed by atoms with Gasteiger partial charge in [0.1, 0.15) is 0 Å². The summed E-state index contributed by atoms with van der Waals surface area (Å²) in [4.78, 5) is 0. The molecule has 23 heavy (non-hydrogen) atoms. The molecular formula is C4H2F9NO6S3. The highest BCUT2D eigenvalue weighted by atomic mass is 32.3. The average Bonchev–Trinajstić information content (AvgIpc) is 2.24. The summed E-state index contributed by atoms with van der Waals surface area (Å²) in [5.41, 5.74) is -6.58. The van der Waals surface area contributed by atoms with E-state index < -0.39 is 57.2 Å². The first kappa shape index (κ1) is 22.3. The molecule has 0 rings (SSSR count). The lowest BCUT2D eigenvalue weighted by Crippen LogP contribution is -2.62. The van der Waals surface area contributed by atoms with E-state index in [2.05, 4.69) is 0 Å². The maximum atomic E-state index is 13.0. The molecule has 1 unspecified atom stereocenters. The Labute approximate surface area is 123 Å². The second kappa shape index (κ2) is 5.70. The summed E-state index contributed by atoms with van der Waals surface area (Å²) in [6.07, 6.45) is 0. The topological polar surface area (TPSA) is 118 Å². The molecule has 0 saturated heterocycles. The van der Waals surface area contributed by atoms with Gasteiger partial charge in [0.05, 0.1) is 0 Å². The van der Waals surface area contributed by atoms with E-state index in [1.165, 1.54) is 0 Å². The normalized spacial score (nSPS) is 17.1. The average molecular weight is 427 g/mol. The molecule has 0 spiro atoms. The monoisotopic (exact) mass is 427 g/mol. The molecule has 0 aliphatic carbocycles. The van der Waals surface area contributed by atoms with Crippen molar-refractivity contribution in [3.8, 4) is 0 Å². The Hall–Kier alpha value is -0.660. The van der Waals surface area contributed by atoms with E-state index in [1.807, 2.05) is 0 Å². The smallest absolute Gasteiger partial charge is 0.301 e. The lowest BCUT2D eigenvalue weighted by atomic mass is 10.3. The summed E-state index contributed by atoms with van der Waals surface area (Å²) in [6, 6.07) is 0. The molecule has 0 aromatic heterocycles. The van der Waals surface area contributed by atoms with E-state index in [-0.39, 0.29) is 0 Å². The lowest BCUT2D eigenvalue weighted by molar-refractivity contribution is -0.244. The van der Waals surface area contributed by atoms with Gasteiger partial charge in [0.25, 0.3) is 10.0 Å². The van der Waals surface area contributed by atoms with Crippen LogP contribution < -0.4 is 4.13 Å². The number of sulfonamides is 2. The van der Waals surface area contributed by atoms with E-state index >= 15 is 0 Å². The number of halogens is 9. The molecule has 0 aromatic carbocycles. The Morgan fingerprint density at radius 3 is 1.39 bits per heavy atom. The highest BCUT2D eigenvalue weighted by Crippen LogP contribution is 2.49. The van der Waals surface area contributed by atoms with Crippen molar-refractivity contribution in [2.75, 3.05) is 0 Å². The van der Waals surface area contributed by atoms with Gasteiger partial charge < -0.3 is 4.55 Å². The van der Waals surface area contributed by atoms with Gasteiger partial charge in [-0.3, -0.25) is 0 Å². The van der Waals surface area contributed by atoms with Gasteiger partial charge in [-0.25, -0.2) is 21.0 Å². The first-order chi connectivity index (χ1) is 9.65. The van der Waals surface area contributed by atoms with Crippen LogP contribution in [0, 0.1) is 0 Å². The minimum Gasteiger partial charge on any atom is -0.301 e. The van der Waals surface area contributed by atoms with Gasteiger partial charge in [-0.1, -0.05) is 4.13 Å². The summed E-state index contributed by atoms with van der Waals surface area (Å²) in [5.74, 6) is -7.26. The summed E-state index contributed by atoms with van der Waals surface area (Å²) < 4.78 is 171. The van der Waals surface area contributed by atoms with Gasteiger partial charge in [0.2, 0.25) is 11.1 Å². The molecule has 19 heteroatoms. The maximum absolute atomic E-state index is 13.0. The fourth-order valence-electron chi connectivity index (χ4n) is 0.692. The number of hydrogen-bond acceptors (Lipinski definition) is 5. The third-order valence-corrected chi connectivity index (χ3v) is 5.80. The minimum atomic E-state index is -7.64. The molecule has 0 amide bonds. The maximum Gasteiger partial charge on any atom is 0.512 e. The highest BCUT2D eigenvalue weighted by Gasteiger charge is 2.80. The van der Waals surface area contributed by atoms with Crippen LogP contribution in [0.15, 0.2) is 0 Å². The highest BCUT2D eigenvalue weighted by molar-refractivity contribution is 8.05. The predicted octanol–water partition coefficient (Wildman–Crippen LogP) is 0.798. The second-order valence-corrected chi connectivity index (χ2v) is 8.06. The molecule has 0 aliphatic heterocycles. The van der Waals surface area contributed by atoms with Crippen molar-refractivity contribution in [3.05, 3.63) is 0 Å². The molecule has 0 bridgehead atoms. The second-order valence-electron chi connectivity index (χ2n) is 3.39. The molecule has 7 nitrogen and oxygen atoms in total. The van der Waals surface area contributed by atoms with Gasteiger partial charge >= 0.3 is 32.0 Å². The Morgan fingerprint density at radius 1 is 0.783 bits per heavy atom. The van der Waals surface area contributed by atoms with E-state index in [4.69, 9.17) is 4.55 Å². The van der Waals surface area contributed by atoms with Gasteiger partial charge in [0.15, 0.2) is 0 Å². The van der Waals surface area contributed by atoms with Crippen molar-refractivity contribution < 1.29 is 65.1 Å². The molecule has 0 heterocycles. The summed E-state index contributed by atoms with van der Waals surface area (Å²) >= 11 is -5.09. The first-order valence-corrected chi connectivity index (χ1v) is 8.31. The van der Waals surface area contributed by atoms with E-state index in [9.17, 15) is 60.6 Å². The quantitative estimate of drug-likeness (QED) is 0.478. The fourth-order valence-corrected chi connectivity index (χ4v) is 3.52. The third kappa shape index (κ3) is 3.56. The number of alkyl halides is 9. The molecule has 2 N–H and O–H groups in total. The molecule has 0 fully saturated rings. The Kier molecular flexibility index (Phi) is 5.54. The zero-order chi connectivity index (χ0) is 19.3. The van der Waals surface area contributed by atoms with Crippen molar-refractivity contribution in [1.82, 2.24) is 4.13 Å². The SMILES string of the molecule is O=S(O)C(F)(F)C(F)(F)C(F)(F)S(=O)(=O)NS(=O)(=O)C(F)(F)F. The van der Waals surface area contributed by atoms with Crippen molar-refractivity contribution >= 4 is 31.1 Å². The summed E-state index contributed by atoms with van der Waals surface area (Å²) in [6.45, 7) is 0. The Morgan fingerprint density at radius 2 is 1.13 bits per heavy atom. The van der Waals surface area contributed by atoms with Crippen LogP contribution in [-0.4, -0.2) is 47.5 Å². The van der Waals surface area contributed by atoms with Crippen LogP contribution in [0.5, 0.6) is 0 Å². The fraction of sp³-hybridized carbons (Fsp3) is 1.00. The number of hydrogen-bond donors (Lipinski definition) is 2. The van der Waals surface area contributed by atoms with Crippen LogP contribution in [0.4, 0.5) is 39.5 Å². The molecule has 0 radical (unpaired) electrons. The predicted molar refractivity (Wildman–Crippen MR) is 52.6 cm³/mol. The zero-order valence-corrected chi connectivity index (χ0v) is 12.1. The zero-order valence-electron chi connectivity index (χ0n) is 9.61. The Bertz CT molecular complexity index is 693. The van der Waals surface area contributed by atoms with E-state index in [1.54, 1.807) is 0 Å². The standard InChI is InChI=1S/C4H2F9NO6S3/c5-1(6,2(7,8)21(15)16)3(9,10)22(17,18)14-23(19,20)4(11,12)13/h14H,(H,15,16). The minimum absolute atomic E-state index is 0.895. The molecule has 0 aliphatic rings. The molecule has 0 saturated carbocycles. The van der Waals surface area contributed by atoms with Crippen LogP contribution in [0.25, 0.3) is 0 Å². The van der Waals surface area contributed by atoms with Crippen molar-refractivity contribution in [2.45, 2.75) is 21.9 Å². The Balaban J connectivity index is 6.18. The molecule has 140 valence electrons. The van der Waals surface area contributed by atoms with Gasteiger partial charge in [0, 0.05) is 0 Å². The van der Waals surface area contributed by atoms with Gasteiger partial charge in [-0.15, -0.1) is 0 Å². The molecular weight excluding hydrogens is 425 g/mol. The van der Waals surface area contributed by atoms with Gasteiger partial charge in [-0.2, -0.15) is 39.5 Å². The summed E-state index contributed by atoms with van der Waals surface area (Å²) in [7, 11) is -14.8. The van der Waals surface area contributed by atoms with E-state index in [0.29, 0.717) is 0 Å². The molecule has 0 aromatic rings. The van der Waals surface area contributed by atoms with Crippen LogP contribution in [0.3, 0.4) is 0 Å². The number of nitrogens with one attached hydrogen (secondary N) is 1. The number of rotatable bonds is 6.